The maximum atomic E-state index is 11.8. The van der Waals surface area contributed by atoms with E-state index in [1.165, 1.54) is 4.90 Å². The van der Waals surface area contributed by atoms with E-state index in [0.717, 1.165) is 12.8 Å². The minimum Gasteiger partial charge on any atom is -0.366 e. The van der Waals surface area contributed by atoms with E-state index in [1.807, 2.05) is 0 Å². The third kappa shape index (κ3) is 4.46. The van der Waals surface area contributed by atoms with Gasteiger partial charge in [0.2, 0.25) is 0 Å². The Balaban J connectivity index is 2.40. The van der Waals surface area contributed by atoms with Gasteiger partial charge in [-0.3, -0.25) is 4.79 Å². The molecule has 0 aromatic heterocycles. The highest BCUT2D eigenvalue weighted by Crippen LogP contribution is 2.01. The zero-order chi connectivity index (χ0) is 12.2. The first kappa shape index (κ1) is 13.4. The first-order valence-electron chi connectivity index (χ1n) is 5.15. The number of sulfone groups is 1. The number of nitrogens with one attached hydrogen (secondary N) is 1. The van der Waals surface area contributed by atoms with Crippen LogP contribution in [0.3, 0.4) is 0 Å². The van der Waals surface area contributed by atoms with Crippen molar-refractivity contribution in [2.24, 2.45) is 0 Å². The van der Waals surface area contributed by atoms with Gasteiger partial charge in [-0.2, -0.15) is 0 Å². The van der Waals surface area contributed by atoms with E-state index in [-0.39, 0.29) is 18.2 Å². The molecule has 1 amide bonds. The van der Waals surface area contributed by atoms with Crippen molar-refractivity contribution in [1.29, 1.82) is 0 Å². The predicted molar refractivity (Wildman–Crippen MR) is 60.0 cm³/mol. The Labute approximate surface area is 95.9 Å². The number of morpholine rings is 1. The van der Waals surface area contributed by atoms with E-state index in [0.29, 0.717) is 13.2 Å². The molecule has 0 spiro atoms. The highest BCUT2D eigenvalue weighted by molar-refractivity contribution is 7.90. The Morgan fingerprint density at radius 3 is 2.75 bits per heavy atom. The monoisotopic (exact) mass is 250 g/mol. The zero-order valence-electron chi connectivity index (χ0n) is 9.60. The maximum absolute atomic E-state index is 11.8. The van der Waals surface area contributed by atoms with Gasteiger partial charge >= 0.3 is 0 Å². The molecule has 1 rings (SSSR count). The molecule has 0 aromatic rings. The molecule has 1 fully saturated rings. The van der Waals surface area contributed by atoms with Crippen LogP contribution < -0.4 is 5.32 Å². The summed E-state index contributed by atoms with van der Waals surface area (Å²) < 4.78 is 27.2. The quantitative estimate of drug-likeness (QED) is 0.655. The number of hydrogen-bond acceptors (Lipinski definition) is 5. The van der Waals surface area contributed by atoms with Gasteiger partial charge in [0.05, 0.1) is 12.4 Å². The average Bonchev–Trinajstić information content (AvgIpc) is 2.25. The summed E-state index contributed by atoms with van der Waals surface area (Å²) >= 11 is 0. The van der Waals surface area contributed by atoms with E-state index in [1.54, 1.807) is 7.05 Å². The van der Waals surface area contributed by atoms with Crippen LogP contribution >= 0.6 is 0 Å². The Morgan fingerprint density at radius 2 is 2.25 bits per heavy atom. The summed E-state index contributed by atoms with van der Waals surface area (Å²) in [7, 11) is -1.44. The molecule has 1 saturated heterocycles. The average molecular weight is 250 g/mol. The van der Waals surface area contributed by atoms with E-state index >= 15 is 0 Å². The summed E-state index contributed by atoms with van der Waals surface area (Å²) in [5, 5.41) is 3.05. The second kappa shape index (κ2) is 5.60. The van der Waals surface area contributed by atoms with E-state index in [4.69, 9.17) is 4.74 Å². The minimum atomic E-state index is -3.03. The van der Waals surface area contributed by atoms with Crippen molar-refractivity contribution in [1.82, 2.24) is 10.2 Å². The number of likely N-dealkylation sites (N-methyl/N-ethyl adjacent to an activating group) is 1. The van der Waals surface area contributed by atoms with Gasteiger partial charge in [-0.1, -0.05) is 0 Å². The number of carbonyl (C=O) groups is 1. The molecule has 7 heteroatoms. The summed E-state index contributed by atoms with van der Waals surface area (Å²) in [4.78, 5) is 13.2. The molecule has 0 bridgehead atoms. The molecule has 1 unspecified atom stereocenters. The highest BCUT2D eigenvalue weighted by Gasteiger charge is 2.25. The summed E-state index contributed by atoms with van der Waals surface area (Å²) in [5.41, 5.74) is 0. The van der Waals surface area contributed by atoms with Gasteiger partial charge in [0.25, 0.3) is 5.91 Å². The Morgan fingerprint density at radius 1 is 1.56 bits per heavy atom. The Hall–Kier alpha value is -0.660. The van der Waals surface area contributed by atoms with E-state index < -0.39 is 15.9 Å². The Bertz CT molecular complexity index is 335. The standard InChI is InChI=1S/C9H18N2O4S/c1-11(4-6-16(2,13)14)9(12)8-7-10-3-5-15-8/h8,10H,3-7H2,1-2H3. The van der Waals surface area contributed by atoms with Gasteiger partial charge in [-0.15, -0.1) is 0 Å². The lowest BCUT2D eigenvalue weighted by atomic mass is 10.2. The fourth-order valence-electron chi connectivity index (χ4n) is 1.38. The summed E-state index contributed by atoms with van der Waals surface area (Å²) in [6.07, 6.45) is 0.669. The molecule has 0 aliphatic carbocycles. The number of rotatable bonds is 4. The minimum absolute atomic E-state index is 0.0185. The van der Waals surface area contributed by atoms with Crippen LogP contribution in [0.2, 0.25) is 0 Å². The number of carbonyl (C=O) groups excluding carboxylic acids is 1. The number of ether oxygens (including phenoxy) is 1. The fourth-order valence-corrected chi connectivity index (χ4v) is 1.99. The molecule has 0 radical (unpaired) electrons. The van der Waals surface area contributed by atoms with Gasteiger partial charge in [0.1, 0.15) is 15.9 Å². The maximum Gasteiger partial charge on any atom is 0.252 e. The lowest BCUT2D eigenvalue weighted by Gasteiger charge is -2.27. The molecular weight excluding hydrogens is 232 g/mol. The van der Waals surface area contributed by atoms with Crippen molar-refractivity contribution in [3.8, 4) is 0 Å². The van der Waals surface area contributed by atoms with Crippen LogP contribution in [0.5, 0.6) is 0 Å². The van der Waals surface area contributed by atoms with Crippen LogP contribution in [0.15, 0.2) is 0 Å². The molecular formula is C9H18N2O4S. The summed E-state index contributed by atoms with van der Waals surface area (Å²) in [6, 6.07) is 0. The molecule has 94 valence electrons. The third-order valence-electron chi connectivity index (χ3n) is 2.38. The van der Waals surface area contributed by atoms with E-state index in [2.05, 4.69) is 5.32 Å². The van der Waals surface area contributed by atoms with Crippen molar-refractivity contribution in [2.45, 2.75) is 6.10 Å². The molecule has 1 aliphatic rings. The van der Waals surface area contributed by atoms with Crippen LogP contribution in [-0.2, 0) is 19.4 Å². The van der Waals surface area contributed by atoms with Crippen molar-refractivity contribution < 1.29 is 17.9 Å². The fraction of sp³-hybridized carbons (Fsp3) is 0.889. The van der Waals surface area contributed by atoms with Gasteiger partial charge < -0.3 is 15.0 Å². The van der Waals surface area contributed by atoms with Crippen molar-refractivity contribution >= 4 is 15.7 Å². The normalized spacial score (nSPS) is 21.8. The van der Waals surface area contributed by atoms with Crippen molar-refractivity contribution in [3.05, 3.63) is 0 Å². The topological polar surface area (TPSA) is 75.7 Å². The number of hydrogen-bond donors (Lipinski definition) is 1. The molecule has 1 atom stereocenters. The highest BCUT2D eigenvalue weighted by atomic mass is 32.2. The smallest absolute Gasteiger partial charge is 0.252 e. The third-order valence-corrected chi connectivity index (χ3v) is 3.30. The summed E-state index contributed by atoms with van der Waals surface area (Å²) in [6.45, 7) is 1.95. The SMILES string of the molecule is CN(CCS(C)(=O)=O)C(=O)C1CNCCO1. The van der Waals surface area contributed by atoms with Crippen molar-refractivity contribution in [2.75, 3.05) is 45.3 Å². The molecule has 0 saturated carbocycles. The van der Waals surface area contributed by atoms with Gasteiger partial charge in [-0.05, 0) is 0 Å². The molecule has 1 N–H and O–H groups in total. The summed E-state index contributed by atoms with van der Waals surface area (Å²) in [5.74, 6) is -0.189. The Kier molecular flexibility index (Phi) is 4.69. The van der Waals surface area contributed by atoms with Crippen LogP contribution in [-0.4, -0.2) is 70.6 Å². The first-order valence-corrected chi connectivity index (χ1v) is 7.21. The second-order valence-corrected chi connectivity index (χ2v) is 6.21. The predicted octanol–water partition coefficient (Wildman–Crippen LogP) is -1.52. The lowest BCUT2D eigenvalue weighted by Crippen LogP contribution is -2.49. The van der Waals surface area contributed by atoms with Crippen LogP contribution in [0, 0.1) is 0 Å². The molecule has 6 nitrogen and oxygen atoms in total. The van der Waals surface area contributed by atoms with E-state index in [9.17, 15) is 13.2 Å². The lowest BCUT2D eigenvalue weighted by molar-refractivity contribution is -0.143. The van der Waals surface area contributed by atoms with Crippen LogP contribution in [0.25, 0.3) is 0 Å². The second-order valence-electron chi connectivity index (χ2n) is 3.95. The number of nitrogens with zero attached hydrogens (tertiary/aromatic N) is 1. The van der Waals surface area contributed by atoms with Crippen LogP contribution in [0.4, 0.5) is 0 Å². The number of amides is 1. The molecule has 1 aliphatic heterocycles. The molecule has 16 heavy (non-hydrogen) atoms. The largest absolute Gasteiger partial charge is 0.366 e. The van der Waals surface area contributed by atoms with Gasteiger partial charge in [-0.25, -0.2) is 8.42 Å². The first-order chi connectivity index (χ1) is 7.40. The zero-order valence-corrected chi connectivity index (χ0v) is 10.4. The molecule has 1 heterocycles. The van der Waals surface area contributed by atoms with Gasteiger partial charge in [0.15, 0.2) is 0 Å². The molecule has 0 aromatic carbocycles. The van der Waals surface area contributed by atoms with Crippen LogP contribution in [0.1, 0.15) is 0 Å². The van der Waals surface area contributed by atoms with Gasteiger partial charge in [0, 0.05) is 32.9 Å². The van der Waals surface area contributed by atoms with Crippen molar-refractivity contribution in [3.63, 3.8) is 0 Å².